The van der Waals surface area contributed by atoms with E-state index in [-0.39, 0.29) is 5.91 Å². The number of methoxy groups -OCH3 is 1. The molecule has 2 aliphatic rings. The van der Waals surface area contributed by atoms with E-state index >= 15 is 0 Å². The number of fused-ring (bicyclic) bond motifs is 1. The monoisotopic (exact) mass is 413 g/mol. The number of rotatable bonds is 3. The molecule has 0 radical (unpaired) electrons. The SMILES string of the molecule is COc1ccc(C2CCN(C(=O)OC(C)(C)C)C2=O)c2nc(C3CCCC3)n(C)c12. The van der Waals surface area contributed by atoms with Crippen molar-refractivity contribution in [2.75, 3.05) is 13.7 Å². The Kier molecular flexibility index (Phi) is 5.24. The molecule has 1 unspecified atom stereocenters. The van der Waals surface area contributed by atoms with Gasteiger partial charge in [0.2, 0.25) is 5.91 Å². The second-order valence-corrected chi connectivity index (χ2v) is 9.38. The summed E-state index contributed by atoms with van der Waals surface area (Å²) in [5, 5.41) is 0. The number of imidazole rings is 1. The summed E-state index contributed by atoms with van der Waals surface area (Å²) in [6.07, 6.45) is 4.72. The van der Waals surface area contributed by atoms with Gasteiger partial charge in [0.25, 0.3) is 0 Å². The number of likely N-dealkylation sites (tertiary alicyclic amines) is 1. The van der Waals surface area contributed by atoms with Crippen LogP contribution in [0.1, 0.15) is 76.1 Å². The Balaban J connectivity index is 1.72. The van der Waals surface area contributed by atoms with Crippen molar-refractivity contribution in [2.45, 2.75) is 70.3 Å². The fourth-order valence-corrected chi connectivity index (χ4v) is 4.78. The van der Waals surface area contributed by atoms with Crippen LogP contribution in [0.15, 0.2) is 12.1 Å². The van der Waals surface area contributed by atoms with E-state index in [1.54, 1.807) is 27.9 Å². The molecule has 2 aromatic rings. The van der Waals surface area contributed by atoms with Crippen LogP contribution in [0.25, 0.3) is 11.0 Å². The lowest BCUT2D eigenvalue weighted by atomic mass is 9.96. The van der Waals surface area contributed by atoms with Crippen LogP contribution >= 0.6 is 0 Å². The van der Waals surface area contributed by atoms with E-state index in [2.05, 4.69) is 4.57 Å². The Labute approximate surface area is 177 Å². The highest BCUT2D eigenvalue weighted by Crippen LogP contribution is 2.41. The Morgan fingerprint density at radius 2 is 1.87 bits per heavy atom. The number of hydrogen-bond donors (Lipinski definition) is 0. The van der Waals surface area contributed by atoms with Crippen LogP contribution in [0.2, 0.25) is 0 Å². The van der Waals surface area contributed by atoms with Crippen molar-refractivity contribution < 1.29 is 19.1 Å². The first-order valence-corrected chi connectivity index (χ1v) is 10.8. The van der Waals surface area contributed by atoms with Crippen molar-refractivity contribution in [1.29, 1.82) is 0 Å². The molecular weight excluding hydrogens is 382 g/mol. The van der Waals surface area contributed by atoms with Crippen molar-refractivity contribution in [2.24, 2.45) is 7.05 Å². The van der Waals surface area contributed by atoms with Crippen LogP contribution in [0.4, 0.5) is 4.79 Å². The minimum Gasteiger partial charge on any atom is -0.494 e. The molecule has 1 aromatic carbocycles. The number of hydrogen-bond acceptors (Lipinski definition) is 5. The first-order chi connectivity index (χ1) is 14.2. The van der Waals surface area contributed by atoms with Gasteiger partial charge in [-0.3, -0.25) is 4.79 Å². The third-order valence-corrected chi connectivity index (χ3v) is 6.19. The fraction of sp³-hybridized carbons (Fsp3) is 0.609. The van der Waals surface area contributed by atoms with Gasteiger partial charge in [-0.15, -0.1) is 0 Å². The van der Waals surface area contributed by atoms with E-state index in [1.165, 1.54) is 17.7 Å². The molecule has 7 nitrogen and oxygen atoms in total. The van der Waals surface area contributed by atoms with Gasteiger partial charge in [-0.1, -0.05) is 18.9 Å². The van der Waals surface area contributed by atoms with E-state index in [0.717, 1.165) is 41.0 Å². The fourth-order valence-electron chi connectivity index (χ4n) is 4.78. The quantitative estimate of drug-likeness (QED) is 0.741. The second-order valence-electron chi connectivity index (χ2n) is 9.38. The maximum absolute atomic E-state index is 13.1. The summed E-state index contributed by atoms with van der Waals surface area (Å²) >= 11 is 0. The summed E-state index contributed by atoms with van der Waals surface area (Å²) < 4.78 is 13.2. The first kappa shape index (κ1) is 20.7. The minimum absolute atomic E-state index is 0.219. The predicted molar refractivity (Wildman–Crippen MR) is 114 cm³/mol. The minimum atomic E-state index is -0.639. The molecule has 1 aliphatic carbocycles. The second kappa shape index (κ2) is 7.60. The number of aryl methyl sites for hydroxylation is 1. The number of carbonyl (C=O) groups excluding carboxylic acids is 2. The zero-order valence-corrected chi connectivity index (χ0v) is 18.5. The van der Waals surface area contributed by atoms with E-state index in [0.29, 0.717) is 18.9 Å². The number of benzene rings is 1. The number of ether oxygens (including phenoxy) is 2. The standard InChI is InChI=1S/C23H31N3O4/c1-23(2,3)30-22(28)26-13-12-16(21(26)27)15-10-11-17(29-5)19-18(15)24-20(25(19)4)14-8-6-7-9-14/h10-11,14,16H,6-9,12-13H2,1-5H3. The number of aromatic nitrogens is 2. The van der Waals surface area contributed by atoms with Crippen molar-refractivity contribution in [3.05, 3.63) is 23.5 Å². The zero-order chi connectivity index (χ0) is 21.6. The summed E-state index contributed by atoms with van der Waals surface area (Å²) in [4.78, 5) is 31.9. The van der Waals surface area contributed by atoms with Crippen LogP contribution < -0.4 is 4.74 Å². The van der Waals surface area contributed by atoms with E-state index < -0.39 is 17.6 Å². The van der Waals surface area contributed by atoms with Crippen LogP contribution in [-0.2, 0) is 16.6 Å². The van der Waals surface area contributed by atoms with Gasteiger partial charge in [0, 0.05) is 19.5 Å². The Bertz CT molecular complexity index is 982. The summed E-state index contributed by atoms with van der Waals surface area (Å²) in [7, 11) is 3.68. The summed E-state index contributed by atoms with van der Waals surface area (Å²) in [6.45, 7) is 5.76. The number of amides is 2. The molecule has 4 rings (SSSR count). The smallest absolute Gasteiger partial charge is 0.417 e. The highest BCUT2D eigenvalue weighted by atomic mass is 16.6. The molecule has 2 fully saturated rings. The molecule has 0 bridgehead atoms. The van der Waals surface area contributed by atoms with Crippen LogP contribution in [0, 0.1) is 0 Å². The molecule has 162 valence electrons. The molecule has 7 heteroatoms. The molecule has 1 aromatic heterocycles. The summed E-state index contributed by atoms with van der Waals surface area (Å²) in [5.41, 5.74) is 1.95. The van der Waals surface area contributed by atoms with Gasteiger partial charge in [0.1, 0.15) is 22.7 Å². The van der Waals surface area contributed by atoms with Crippen molar-refractivity contribution in [1.82, 2.24) is 14.5 Å². The number of imide groups is 1. The van der Waals surface area contributed by atoms with Gasteiger partial charge >= 0.3 is 6.09 Å². The highest BCUT2D eigenvalue weighted by Gasteiger charge is 2.40. The molecule has 0 N–H and O–H groups in total. The zero-order valence-electron chi connectivity index (χ0n) is 18.5. The van der Waals surface area contributed by atoms with Crippen LogP contribution in [-0.4, -0.2) is 45.7 Å². The lowest BCUT2D eigenvalue weighted by Crippen LogP contribution is -2.38. The number of nitrogens with zero attached hydrogens (tertiary/aromatic N) is 3. The predicted octanol–water partition coefficient (Wildman–Crippen LogP) is 4.49. The number of carbonyl (C=O) groups is 2. The Morgan fingerprint density at radius 1 is 1.17 bits per heavy atom. The molecule has 2 amide bonds. The van der Waals surface area contributed by atoms with Crippen molar-refractivity contribution in [3.8, 4) is 5.75 Å². The average molecular weight is 414 g/mol. The molecule has 30 heavy (non-hydrogen) atoms. The summed E-state index contributed by atoms with van der Waals surface area (Å²) in [5.74, 6) is 1.63. The molecule has 1 saturated heterocycles. The molecule has 0 spiro atoms. The lowest BCUT2D eigenvalue weighted by molar-refractivity contribution is -0.128. The van der Waals surface area contributed by atoms with Gasteiger partial charge < -0.3 is 14.0 Å². The molecule has 1 saturated carbocycles. The molecule has 1 aliphatic heterocycles. The van der Waals surface area contributed by atoms with Gasteiger partial charge in [-0.2, -0.15) is 0 Å². The van der Waals surface area contributed by atoms with Gasteiger partial charge in [0.15, 0.2) is 0 Å². The van der Waals surface area contributed by atoms with Gasteiger partial charge in [-0.25, -0.2) is 14.7 Å². The Morgan fingerprint density at radius 3 is 2.50 bits per heavy atom. The summed E-state index contributed by atoms with van der Waals surface area (Å²) in [6, 6.07) is 3.83. The van der Waals surface area contributed by atoms with Crippen LogP contribution in [0.3, 0.4) is 0 Å². The highest BCUT2D eigenvalue weighted by molar-refractivity contribution is 6.00. The topological polar surface area (TPSA) is 73.7 Å². The lowest BCUT2D eigenvalue weighted by Gasteiger charge is -2.23. The maximum Gasteiger partial charge on any atom is 0.417 e. The third kappa shape index (κ3) is 3.55. The largest absolute Gasteiger partial charge is 0.494 e. The normalized spacial score (nSPS) is 20.4. The third-order valence-electron chi connectivity index (χ3n) is 6.19. The maximum atomic E-state index is 13.1. The Hall–Kier alpha value is -2.57. The molecule has 1 atom stereocenters. The van der Waals surface area contributed by atoms with E-state index in [9.17, 15) is 9.59 Å². The van der Waals surface area contributed by atoms with E-state index in [4.69, 9.17) is 14.5 Å². The van der Waals surface area contributed by atoms with E-state index in [1.807, 2.05) is 19.2 Å². The molecule has 2 heterocycles. The first-order valence-electron chi connectivity index (χ1n) is 10.8. The van der Waals surface area contributed by atoms with Gasteiger partial charge in [0.05, 0.1) is 18.5 Å². The van der Waals surface area contributed by atoms with Gasteiger partial charge in [-0.05, 0) is 51.7 Å². The molecular formula is C23H31N3O4. The van der Waals surface area contributed by atoms with Crippen molar-refractivity contribution in [3.63, 3.8) is 0 Å². The van der Waals surface area contributed by atoms with Crippen molar-refractivity contribution >= 4 is 23.0 Å². The average Bonchev–Trinajstić information content (AvgIpc) is 3.39. The van der Waals surface area contributed by atoms with Crippen LogP contribution in [0.5, 0.6) is 5.75 Å².